The van der Waals surface area contributed by atoms with Crippen molar-refractivity contribution in [3.05, 3.63) is 59.4 Å². The highest BCUT2D eigenvalue weighted by Gasteiger charge is 2.33. The van der Waals surface area contributed by atoms with E-state index in [4.69, 9.17) is 15.2 Å². The Hall–Kier alpha value is -3.64. The second-order valence-corrected chi connectivity index (χ2v) is 7.92. The van der Waals surface area contributed by atoms with Crippen molar-refractivity contribution in [3.63, 3.8) is 0 Å². The Morgan fingerprint density at radius 3 is 2.49 bits per heavy atom. The summed E-state index contributed by atoms with van der Waals surface area (Å²) in [5, 5.41) is 7.62. The molecule has 3 N–H and O–H groups in total. The van der Waals surface area contributed by atoms with Gasteiger partial charge in [-0.2, -0.15) is 5.10 Å². The van der Waals surface area contributed by atoms with Gasteiger partial charge in [0.25, 0.3) is 0 Å². The molecule has 3 rings (SSSR count). The first-order chi connectivity index (χ1) is 17.2. The van der Waals surface area contributed by atoms with E-state index in [2.05, 4.69) is 10.4 Å². The molecule has 1 aliphatic rings. The Balaban J connectivity index is 0.00000481. The Morgan fingerprint density at radius 2 is 1.81 bits per heavy atom. The summed E-state index contributed by atoms with van der Waals surface area (Å²) in [7, 11) is 0. The molecule has 200 valence electrons. The molecule has 2 amide bonds. The quantitative estimate of drug-likeness (QED) is 0.351. The molecule has 2 atom stereocenters. The monoisotopic (exact) mass is 542 g/mol. The van der Waals surface area contributed by atoms with Gasteiger partial charge in [0.05, 0.1) is 6.61 Å². The van der Waals surface area contributed by atoms with E-state index in [-0.39, 0.29) is 50.4 Å². The van der Waals surface area contributed by atoms with Crippen LogP contribution in [0.3, 0.4) is 0 Å². The highest BCUT2D eigenvalue weighted by molar-refractivity contribution is 5.99. The number of nitrogens with zero attached hydrogens (tertiary/aromatic N) is 2. The van der Waals surface area contributed by atoms with Crippen molar-refractivity contribution in [2.75, 3.05) is 18.5 Å². The lowest BCUT2D eigenvalue weighted by molar-refractivity contribution is -0.145. The van der Waals surface area contributed by atoms with Crippen LogP contribution in [0, 0.1) is 17.5 Å². The van der Waals surface area contributed by atoms with Gasteiger partial charge in [0.1, 0.15) is 17.6 Å². The van der Waals surface area contributed by atoms with Crippen LogP contribution in [0.25, 0.3) is 0 Å². The average Bonchev–Trinajstić information content (AvgIpc) is 3.33. The van der Waals surface area contributed by atoms with Crippen LogP contribution in [0.4, 0.5) is 18.9 Å². The summed E-state index contributed by atoms with van der Waals surface area (Å²) in [6.07, 6.45) is 1.07. The number of esters is 1. The topological polar surface area (TPSA) is 123 Å². The SMILES string of the molecule is CCOC(=O)COc1ccc(NC(=O)C2CC=NN2C(=O)C[C@H](N)Cc2cc(F)c(F)cc2F)cc1.Cl. The minimum atomic E-state index is -1.32. The Bertz CT molecular complexity index is 1150. The number of carbonyl (C=O) groups excluding carboxylic acids is 3. The molecule has 9 nitrogen and oxygen atoms in total. The van der Waals surface area contributed by atoms with E-state index in [1.807, 2.05) is 0 Å². The minimum Gasteiger partial charge on any atom is -0.482 e. The maximum Gasteiger partial charge on any atom is 0.344 e. The van der Waals surface area contributed by atoms with E-state index in [0.717, 1.165) is 5.01 Å². The number of nitrogens with two attached hydrogens (primary N) is 1. The molecule has 1 unspecified atom stereocenters. The van der Waals surface area contributed by atoms with Crippen molar-refractivity contribution in [2.45, 2.75) is 38.3 Å². The van der Waals surface area contributed by atoms with Gasteiger partial charge >= 0.3 is 5.97 Å². The highest BCUT2D eigenvalue weighted by Crippen LogP contribution is 2.20. The third-order valence-corrected chi connectivity index (χ3v) is 5.18. The summed E-state index contributed by atoms with van der Waals surface area (Å²) >= 11 is 0. The van der Waals surface area contributed by atoms with Crippen LogP contribution in [0.5, 0.6) is 5.75 Å². The van der Waals surface area contributed by atoms with Gasteiger partial charge in [-0.3, -0.25) is 9.59 Å². The first-order valence-electron chi connectivity index (χ1n) is 11.1. The summed E-state index contributed by atoms with van der Waals surface area (Å²) in [5.74, 6) is -4.69. The lowest BCUT2D eigenvalue weighted by Crippen LogP contribution is -2.43. The van der Waals surface area contributed by atoms with E-state index in [9.17, 15) is 27.6 Å². The molecule has 37 heavy (non-hydrogen) atoms. The largest absolute Gasteiger partial charge is 0.482 e. The number of amides is 2. The third kappa shape index (κ3) is 8.19. The lowest BCUT2D eigenvalue weighted by Gasteiger charge is -2.23. The van der Waals surface area contributed by atoms with Gasteiger partial charge < -0.3 is 20.5 Å². The maximum absolute atomic E-state index is 13.9. The van der Waals surface area contributed by atoms with Gasteiger partial charge in [0, 0.05) is 36.9 Å². The molecular formula is C24H26ClF3N4O5. The summed E-state index contributed by atoms with van der Waals surface area (Å²) in [6.45, 7) is 1.68. The van der Waals surface area contributed by atoms with Crippen LogP contribution in [0.1, 0.15) is 25.3 Å². The summed E-state index contributed by atoms with van der Waals surface area (Å²) in [4.78, 5) is 36.8. The number of hydrogen-bond donors (Lipinski definition) is 2. The summed E-state index contributed by atoms with van der Waals surface area (Å²) in [6, 6.07) is 5.51. The van der Waals surface area contributed by atoms with Crippen molar-refractivity contribution in [1.29, 1.82) is 0 Å². The van der Waals surface area contributed by atoms with Gasteiger partial charge in [-0.1, -0.05) is 0 Å². The van der Waals surface area contributed by atoms with Crippen molar-refractivity contribution < 1.29 is 37.0 Å². The second kappa shape index (κ2) is 13.6. The predicted octanol–water partition coefficient (Wildman–Crippen LogP) is 2.95. The van der Waals surface area contributed by atoms with E-state index < -0.39 is 47.3 Å². The van der Waals surface area contributed by atoms with E-state index >= 15 is 0 Å². The van der Waals surface area contributed by atoms with Gasteiger partial charge in [-0.05, 0) is 49.2 Å². The van der Waals surface area contributed by atoms with Crippen molar-refractivity contribution in [2.24, 2.45) is 10.8 Å². The van der Waals surface area contributed by atoms with Crippen LogP contribution in [-0.4, -0.2) is 54.3 Å². The molecule has 0 bridgehead atoms. The Kier molecular flexibility index (Phi) is 10.9. The fourth-order valence-electron chi connectivity index (χ4n) is 3.47. The average molecular weight is 543 g/mol. The Labute approximate surface area is 217 Å². The number of anilines is 1. The molecule has 2 aromatic rings. The molecule has 0 saturated carbocycles. The molecule has 0 aliphatic carbocycles. The Morgan fingerprint density at radius 1 is 1.14 bits per heavy atom. The van der Waals surface area contributed by atoms with E-state index in [1.54, 1.807) is 31.2 Å². The molecule has 2 aromatic carbocycles. The number of halogens is 4. The molecule has 0 aromatic heterocycles. The molecule has 1 heterocycles. The van der Waals surface area contributed by atoms with Crippen LogP contribution in [0.15, 0.2) is 41.5 Å². The molecule has 0 radical (unpaired) electrons. The van der Waals surface area contributed by atoms with Gasteiger partial charge in [0.15, 0.2) is 18.2 Å². The first-order valence-corrected chi connectivity index (χ1v) is 11.1. The number of benzene rings is 2. The fraction of sp³-hybridized carbons (Fsp3) is 0.333. The summed E-state index contributed by atoms with van der Waals surface area (Å²) in [5.41, 5.74) is 6.19. The van der Waals surface area contributed by atoms with Crippen LogP contribution < -0.4 is 15.8 Å². The van der Waals surface area contributed by atoms with Gasteiger partial charge in [-0.15, -0.1) is 12.4 Å². The lowest BCUT2D eigenvalue weighted by atomic mass is 10.0. The van der Waals surface area contributed by atoms with Gasteiger partial charge in [0.2, 0.25) is 11.8 Å². The summed E-state index contributed by atoms with van der Waals surface area (Å²) < 4.78 is 50.5. The molecular weight excluding hydrogens is 517 g/mol. The smallest absolute Gasteiger partial charge is 0.344 e. The molecule has 0 fully saturated rings. The normalized spacial score (nSPS) is 15.1. The van der Waals surface area contributed by atoms with Crippen LogP contribution in [-0.2, 0) is 25.5 Å². The third-order valence-electron chi connectivity index (χ3n) is 5.18. The fourth-order valence-corrected chi connectivity index (χ4v) is 3.47. The standard InChI is InChI=1S/C24H25F3N4O5.ClH/c1-2-35-23(33)13-36-17-5-3-16(4-6-17)30-24(34)21-7-8-29-31(21)22(32)11-15(28)9-14-10-19(26)20(27)12-18(14)25;/h3-6,8,10,12,15,21H,2,7,9,11,13,28H2,1H3,(H,30,34);1H/t15-,21?;/m1./s1. The minimum absolute atomic E-state index is 0. The predicted molar refractivity (Wildman–Crippen MR) is 131 cm³/mol. The second-order valence-electron chi connectivity index (χ2n) is 7.92. The number of ether oxygens (including phenoxy) is 2. The molecule has 1 aliphatic heterocycles. The number of hydrazone groups is 1. The number of carbonyl (C=O) groups is 3. The molecule has 0 saturated heterocycles. The zero-order chi connectivity index (χ0) is 26.2. The van der Waals surface area contributed by atoms with Gasteiger partial charge in [-0.25, -0.2) is 23.0 Å². The van der Waals surface area contributed by atoms with Crippen molar-refractivity contribution in [3.8, 4) is 5.75 Å². The van der Waals surface area contributed by atoms with Crippen LogP contribution in [0.2, 0.25) is 0 Å². The zero-order valence-corrected chi connectivity index (χ0v) is 20.6. The first kappa shape index (κ1) is 29.6. The highest BCUT2D eigenvalue weighted by atomic mass is 35.5. The zero-order valence-electron chi connectivity index (χ0n) is 19.8. The van der Waals surface area contributed by atoms with E-state index in [1.165, 1.54) is 6.21 Å². The number of nitrogens with one attached hydrogen (secondary N) is 1. The maximum atomic E-state index is 13.9. The molecule has 0 spiro atoms. The molecule has 13 heteroatoms. The van der Waals surface area contributed by atoms with Crippen LogP contribution >= 0.6 is 12.4 Å². The number of rotatable bonds is 10. The number of hydrogen-bond acceptors (Lipinski definition) is 7. The van der Waals surface area contributed by atoms with E-state index in [0.29, 0.717) is 23.6 Å². The van der Waals surface area contributed by atoms with Crippen molar-refractivity contribution >= 4 is 42.1 Å². The van der Waals surface area contributed by atoms with Crippen molar-refractivity contribution in [1.82, 2.24) is 5.01 Å².